The summed E-state index contributed by atoms with van der Waals surface area (Å²) in [5.41, 5.74) is 0.300. The van der Waals surface area contributed by atoms with Crippen molar-refractivity contribution in [1.82, 2.24) is 10.2 Å². The highest BCUT2D eigenvalue weighted by molar-refractivity contribution is 7.92. The summed E-state index contributed by atoms with van der Waals surface area (Å²) in [6, 6.07) is 11.5. The van der Waals surface area contributed by atoms with E-state index in [9.17, 15) is 28.1 Å². The number of hydrogen-bond donors (Lipinski definition) is 1. The average molecular weight is 714 g/mol. The molecule has 248 valence electrons. The maximum Gasteiger partial charge on any atom is 0.273 e. The van der Waals surface area contributed by atoms with Gasteiger partial charge in [0.05, 0.1) is 32.7 Å². The van der Waals surface area contributed by atoms with Crippen molar-refractivity contribution in [2.75, 3.05) is 24.5 Å². The Hall–Kier alpha value is -3.58. The number of nitro benzene ring substituents is 1. The van der Waals surface area contributed by atoms with Crippen LogP contribution in [-0.2, 0) is 26.2 Å². The molecule has 0 radical (unpaired) electrons. The van der Waals surface area contributed by atoms with E-state index in [1.54, 1.807) is 25.1 Å². The smallest absolute Gasteiger partial charge is 0.273 e. The minimum absolute atomic E-state index is 0.0720. The lowest BCUT2D eigenvalue weighted by atomic mass is 10.1. The van der Waals surface area contributed by atoms with Gasteiger partial charge in [0, 0.05) is 29.7 Å². The number of carbonyl (C=O) groups is 2. The Labute approximate surface area is 283 Å². The lowest BCUT2D eigenvalue weighted by Crippen LogP contribution is -2.52. The molecule has 0 aromatic heterocycles. The van der Waals surface area contributed by atoms with Gasteiger partial charge in [-0.1, -0.05) is 67.2 Å². The molecule has 3 aromatic rings. The summed E-state index contributed by atoms with van der Waals surface area (Å²) in [5.74, 6) is -1.08. The fourth-order valence-electron chi connectivity index (χ4n) is 4.71. The molecule has 1 atom stereocenters. The van der Waals surface area contributed by atoms with Crippen molar-refractivity contribution in [2.45, 2.75) is 57.5 Å². The van der Waals surface area contributed by atoms with E-state index >= 15 is 0 Å². The van der Waals surface area contributed by atoms with Gasteiger partial charge in [-0.3, -0.25) is 24.0 Å². The lowest BCUT2D eigenvalue weighted by Gasteiger charge is -2.33. The molecule has 0 saturated carbocycles. The second-order valence-electron chi connectivity index (χ2n) is 10.4. The van der Waals surface area contributed by atoms with Crippen LogP contribution >= 0.6 is 34.8 Å². The Morgan fingerprint density at radius 1 is 1.02 bits per heavy atom. The molecule has 0 aliphatic rings. The zero-order valence-corrected chi connectivity index (χ0v) is 28.8. The molecule has 2 amide bonds. The number of unbranched alkanes of at least 4 members (excludes halogenated alkanes) is 1. The minimum atomic E-state index is -4.66. The Morgan fingerprint density at radius 3 is 2.35 bits per heavy atom. The second-order valence-corrected chi connectivity index (χ2v) is 13.5. The van der Waals surface area contributed by atoms with Crippen LogP contribution in [0, 0.1) is 17.0 Å². The van der Waals surface area contributed by atoms with Crippen molar-refractivity contribution in [3.8, 4) is 5.75 Å². The predicted molar refractivity (Wildman–Crippen MR) is 179 cm³/mol. The number of sulfonamides is 1. The Kier molecular flexibility index (Phi) is 13.1. The number of ether oxygens (including phenoxy) is 1. The molecule has 0 heterocycles. The van der Waals surface area contributed by atoms with Crippen LogP contribution in [0.4, 0.5) is 11.4 Å². The molecule has 0 saturated heterocycles. The molecule has 0 bridgehead atoms. The summed E-state index contributed by atoms with van der Waals surface area (Å²) in [4.78, 5) is 39.5. The third-order valence-electron chi connectivity index (χ3n) is 7.21. The number of methoxy groups -OCH3 is 1. The molecule has 0 spiro atoms. The summed E-state index contributed by atoms with van der Waals surface area (Å²) >= 11 is 18.6. The van der Waals surface area contributed by atoms with Gasteiger partial charge in [-0.2, -0.15) is 0 Å². The number of benzene rings is 3. The first-order valence-corrected chi connectivity index (χ1v) is 16.9. The molecule has 3 aromatic carbocycles. The predicted octanol–water partition coefficient (Wildman–Crippen LogP) is 6.79. The molecular formula is C31H35Cl3N4O7S. The van der Waals surface area contributed by atoms with Crippen molar-refractivity contribution in [3.63, 3.8) is 0 Å². The van der Waals surface area contributed by atoms with E-state index < -0.39 is 49.9 Å². The van der Waals surface area contributed by atoms with Crippen molar-refractivity contribution in [2.24, 2.45) is 0 Å². The number of anilines is 1. The van der Waals surface area contributed by atoms with Crippen LogP contribution in [0.25, 0.3) is 0 Å². The summed E-state index contributed by atoms with van der Waals surface area (Å²) in [7, 11) is -3.34. The Bertz CT molecular complexity index is 1710. The van der Waals surface area contributed by atoms with Gasteiger partial charge < -0.3 is 15.0 Å². The average Bonchev–Trinajstić information content (AvgIpc) is 3.01. The third kappa shape index (κ3) is 8.81. The maximum atomic E-state index is 14.3. The monoisotopic (exact) mass is 712 g/mol. The topological polar surface area (TPSA) is 139 Å². The highest BCUT2D eigenvalue weighted by Crippen LogP contribution is 2.36. The van der Waals surface area contributed by atoms with Gasteiger partial charge in [0.25, 0.3) is 15.7 Å². The van der Waals surface area contributed by atoms with Crippen LogP contribution in [0.1, 0.15) is 44.2 Å². The molecule has 0 aliphatic carbocycles. The summed E-state index contributed by atoms with van der Waals surface area (Å²) < 4.78 is 34.7. The first-order valence-electron chi connectivity index (χ1n) is 14.4. The van der Waals surface area contributed by atoms with Gasteiger partial charge in [-0.25, -0.2) is 8.42 Å². The number of nitro groups is 1. The molecule has 1 N–H and O–H groups in total. The van der Waals surface area contributed by atoms with Crippen molar-refractivity contribution >= 4 is 68.0 Å². The van der Waals surface area contributed by atoms with Crippen molar-refractivity contribution in [1.29, 1.82) is 0 Å². The number of amides is 2. The standard InChI is InChI=1S/C31H35Cl3N4O7S/c1-5-7-14-35-31(40)26(6-2)36(18-21-9-12-24(33)25(34)15-21)30(39)19-37(28-16-22(32)10-13-29(28)45-4)46(43,44)23-11-8-20(3)27(17-23)38(41)42/h8-13,15-17,26H,5-7,14,18-19H2,1-4H3,(H,35,40). The molecule has 1 unspecified atom stereocenters. The zero-order valence-electron chi connectivity index (χ0n) is 25.8. The number of rotatable bonds is 15. The number of halogens is 3. The molecule has 11 nitrogen and oxygen atoms in total. The summed E-state index contributed by atoms with van der Waals surface area (Å²) in [6.45, 7) is 4.68. The first kappa shape index (κ1) is 36.9. The number of hydrogen-bond acceptors (Lipinski definition) is 7. The molecule has 0 fully saturated rings. The summed E-state index contributed by atoms with van der Waals surface area (Å²) in [6.07, 6.45) is 1.78. The molecule has 46 heavy (non-hydrogen) atoms. The van der Waals surface area contributed by atoms with Gasteiger partial charge >= 0.3 is 0 Å². The molecule has 3 rings (SSSR count). The maximum absolute atomic E-state index is 14.3. The summed E-state index contributed by atoms with van der Waals surface area (Å²) in [5, 5.41) is 15.2. The Morgan fingerprint density at radius 2 is 1.74 bits per heavy atom. The number of carbonyl (C=O) groups excluding carboxylic acids is 2. The molecule has 0 aliphatic heterocycles. The van der Waals surface area contributed by atoms with E-state index in [0.717, 1.165) is 23.2 Å². The third-order valence-corrected chi connectivity index (χ3v) is 9.94. The van der Waals surface area contributed by atoms with Gasteiger partial charge in [0.1, 0.15) is 18.3 Å². The van der Waals surface area contributed by atoms with E-state index in [1.165, 1.54) is 49.3 Å². The van der Waals surface area contributed by atoms with Crippen LogP contribution in [0.2, 0.25) is 15.1 Å². The van der Waals surface area contributed by atoms with Gasteiger partial charge in [0.2, 0.25) is 11.8 Å². The quantitative estimate of drug-likeness (QED) is 0.104. The number of nitrogens with zero attached hydrogens (tertiary/aromatic N) is 3. The van der Waals surface area contributed by atoms with E-state index in [0.29, 0.717) is 17.1 Å². The van der Waals surface area contributed by atoms with Gasteiger partial charge in [-0.15, -0.1) is 0 Å². The highest BCUT2D eigenvalue weighted by Gasteiger charge is 2.35. The fraction of sp³-hybridized carbons (Fsp3) is 0.355. The lowest BCUT2D eigenvalue weighted by molar-refractivity contribution is -0.385. The van der Waals surface area contributed by atoms with Crippen LogP contribution in [0.3, 0.4) is 0 Å². The zero-order chi connectivity index (χ0) is 34.2. The SMILES string of the molecule is CCCCNC(=O)C(CC)N(Cc1ccc(Cl)c(Cl)c1)C(=O)CN(c1cc(Cl)ccc1OC)S(=O)(=O)c1ccc(C)c([N+](=O)[O-])c1. The van der Waals surface area contributed by atoms with Crippen molar-refractivity contribution < 1.29 is 27.7 Å². The van der Waals surface area contributed by atoms with Gasteiger partial charge in [0.15, 0.2) is 0 Å². The van der Waals surface area contributed by atoms with Crippen molar-refractivity contribution in [3.05, 3.63) is 90.9 Å². The van der Waals surface area contributed by atoms with E-state index in [2.05, 4.69) is 5.32 Å². The Balaban J connectivity index is 2.18. The van der Waals surface area contributed by atoms with E-state index in [4.69, 9.17) is 39.5 Å². The largest absolute Gasteiger partial charge is 0.495 e. The molecule has 15 heteroatoms. The molecular weight excluding hydrogens is 679 g/mol. The van der Waals surface area contributed by atoms with Crippen LogP contribution in [0.5, 0.6) is 5.75 Å². The normalized spacial score (nSPS) is 11.9. The van der Waals surface area contributed by atoms with E-state index in [-0.39, 0.29) is 40.0 Å². The van der Waals surface area contributed by atoms with Crippen LogP contribution < -0.4 is 14.4 Å². The number of nitrogens with one attached hydrogen (secondary N) is 1. The van der Waals surface area contributed by atoms with E-state index in [1.807, 2.05) is 6.92 Å². The fourth-order valence-corrected chi connectivity index (χ4v) is 6.63. The minimum Gasteiger partial charge on any atom is -0.495 e. The second kappa shape index (κ2) is 16.3. The van der Waals surface area contributed by atoms with Crippen LogP contribution in [-0.4, -0.2) is 56.3 Å². The number of aryl methyl sites for hydroxylation is 1. The highest BCUT2D eigenvalue weighted by atomic mass is 35.5. The van der Waals surface area contributed by atoms with Gasteiger partial charge in [-0.05, 0) is 61.7 Å². The van der Waals surface area contributed by atoms with Crippen LogP contribution in [0.15, 0.2) is 59.5 Å². The first-order chi connectivity index (χ1) is 21.7.